The topological polar surface area (TPSA) is 74.3 Å². The van der Waals surface area contributed by atoms with Crippen molar-refractivity contribution in [2.45, 2.75) is 53.6 Å². The number of aryl methyl sites for hydroxylation is 4. The molecule has 6 nitrogen and oxygen atoms in total. The highest BCUT2D eigenvalue weighted by Gasteiger charge is 2.07. The van der Waals surface area contributed by atoms with Gasteiger partial charge in [0, 0.05) is 41.8 Å². The zero-order valence-corrected chi connectivity index (χ0v) is 26.8. The molecule has 0 saturated carbocycles. The Morgan fingerprint density at radius 1 is 0.929 bits per heavy atom. The fourth-order valence-corrected chi connectivity index (χ4v) is 4.79. The Balaban J connectivity index is 0.000000293. The Labute approximate surface area is 256 Å². The minimum Gasteiger partial charge on any atom is -0.352 e. The zero-order chi connectivity index (χ0) is 30.7. The smallest absolute Gasteiger partial charge is 0.251 e. The molecule has 0 aliphatic rings. The number of nitrogens with zero attached hydrogens (tertiary/aromatic N) is 2. The molecule has 224 valence electrons. The van der Waals surface area contributed by atoms with Crippen LogP contribution in [0.4, 0.5) is 0 Å². The number of hydrogen-bond donors (Lipinski definition) is 2. The minimum atomic E-state index is -0.140. The summed E-state index contributed by atoms with van der Waals surface area (Å²) in [7, 11) is 4.10. The van der Waals surface area contributed by atoms with Gasteiger partial charge in [0.25, 0.3) is 5.91 Å². The molecule has 0 radical (unpaired) electrons. The molecule has 0 aliphatic heterocycles. The van der Waals surface area contributed by atoms with E-state index < -0.39 is 0 Å². The van der Waals surface area contributed by atoms with Gasteiger partial charge in [-0.15, -0.1) is 11.3 Å². The summed E-state index contributed by atoms with van der Waals surface area (Å²) in [6, 6.07) is 24.0. The lowest BCUT2D eigenvalue weighted by Crippen LogP contribution is -2.27. The second-order valence-corrected chi connectivity index (χ2v) is 11.4. The summed E-state index contributed by atoms with van der Waals surface area (Å²) in [5, 5.41) is 9.57. The molecule has 0 bridgehead atoms. The van der Waals surface area contributed by atoms with E-state index in [0.717, 1.165) is 50.0 Å². The van der Waals surface area contributed by atoms with Crippen LogP contribution in [0.15, 0.2) is 78.2 Å². The van der Waals surface area contributed by atoms with E-state index in [9.17, 15) is 9.59 Å². The van der Waals surface area contributed by atoms with Gasteiger partial charge in [-0.05, 0) is 83.1 Å². The molecule has 0 fully saturated rings. The largest absolute Gasteiger partial charge is 0.352 e. The fraction of sp³-hybridized carbons (Fsp3) is 0.343. The third kappa shape index (κ3) is 13.8. The van der Waals surface area contributed by atoms with E-state index in [1.165, 1.54) is 21.7 Å². The van der Waals surface area contributed by atoms with Crippen molar-refractivity contribution >= 4 is 23.5 Å². The summed E-state index contributed by atoms with van der Waals surface area (Å²) in [5.74, 6) is -0.140. The van der Waals surface area contributed by atoms with Crippen LogP contribution in [0.25, 0.3) is 0 Å². The lowest BCUT2D eigenvalue weighted by atomic mass is 10.1. The quantitative estimate of drug-likeness (QED) is 0.150. The molecular formula is C35H46N4O2S. The molecule has 0 aliphatic carbocycles. The van der Waals surface area contributed by atoms with Gasteiger partial charge in [0.15, 0.2) is 0 Å². The first-order valence-electron chi connectivity index (χ1n) is 14.4. The third-order valence-corrected chi connectivity index (χ3v) is 7.22. The Morgan fingerprint density at radius 2 is 1.67 bits per heavy atom. The van der Waals surface area contributed by atoms with Crippen molar-refractivity contribution in [2.24, 2.45) is 0 Å². The highest BCUT2D eigenvalue weighted by Crippen LogP contribution is 2.10. The SMILES string of the molecule is CCc1cccc(CNCCCNC(=O)c2ccc(C)c(C=O)c2)c1.Cc1ccccc1.Cc1csc(CN(C)C)n1. The van der Waals surface area contributed by atoms with Crippen molar-refractivity contribution < 1.29 is 9.59 Å². The monoisotopic (exact) mass is 586 g/mol. The molecule has 4 rings (SSSR count). The van der Waals surface area contributed by atoms with Crippen LogP contribution in [-0.4, -0.2) is 49.3 Å². The number of nitrogens with one attached hydrogen (secondary N) is 2. The van der Waals surface area contributed by atoms with E-state index >= 15 is 0 Å². The van der Waals surface area contributed by atoms with Gasteiger partial charge in [-0.1, -0.05) is 73.2 Å². The zero-order valence-electron chi connectivity index (χ0n) is 25.9. The van der Waals surface area contributed by atoms with Crippen molar-refractivity contribution in [3.63, 3.8) is 0 Å². The van der Waals surface area contributed by atoms with E-state index in [4.69, 9.17) is 0 Å². The number of aromatic nitrogens is 1. The van der Waals surface area contributed by atoms with Crippen LogP contribution in [-0.2, 0) is 19.5 Å². The Kier molecular flexibility index (Phi) is 16.0. The number of aldehydes is 1. The first kappa shape index (κ1) is 34.6. The van der Waals surface area contributed by atoms with Crippen LogP contribution >= 0.6 is 11.3 Å². The molecule has 0 unspecified atom stereocenters. The van der Waals surface area contributed by atoms with Crippen LogP contribution in [0.3, 0.4) is 0 Å². The number of hydrogen-bond acceptors (Lipinski definition) is 6. The van der Waals surface area contributed by atoms with Gasteiger partial charge >= 0.3 is 0 Å². The first-order chi connectivity index (χ1) is 20.2. The first-order valence-corrected chi connectivity index (χ1v) is 15.3. The van der Waals surface area contributed by atoms with Gasteiger partial charge in [-0.3, -0.25) is 9.59 Å². The van der Waals surface area contributed by atoms with E-state index in [1.54, 1.807) is 29.5 Å². The molecule has 1 heterocycles. The van der Waals surface area contributed by atoms with E-state index in [0.29, 0.717) is 17.7 Å². The van der Waals surface area contributed by atoms with Crippen LogP contribution < -0.4 is 10.6 Å². The summed E-state index contributed by atoms with van der Waals surface area (Å²) in [6.07, 6.45) is 2.68. The van der Waals surface area contributed by atoms with E-state index in [-0.39, 0.29) is 5.91 Å². The number of carbonyl (C=O) groups is 2. The van der Waals surface area contributed by atoms with Gasteiger partial charge in [-0.2, -0.15) is 0 Å². The molecule has 1 amide bonds. The standard InChI is InChI=1S/C21H26N2O2.C7H12N2S.C7H8/c1-3-17-6-4-7-18(12-17)14-22-10-5-11-23-21(25)19-9-8-16(2)20(13-19)15-24;1-6-5-10-7(8-6)4-9(2)3;1-7-5-3-2-4-6-7/h4,6-9,12-13,15,22H,3,5,10-11,14H2,1-2H3,(H,23,25);5H,4H2,1-3H3;2-6H,1H3. The minimum absolute atomic E-state index is 0.140. The van der Waals surface area contributed by atoms with Crippen molar-refractivity contribution in [1.82, 2.24) is 20.5 Å². The summed E-state index contributed by atoms with van der Waals surface area (Å²) in [4.78, 5) is 29.5. The molecule has 0 spiro atoms. The van der Waals surface area contributed by atoms with Crippen LogP contribution in [0.1, 0.15) is 67.0 Å². The summed E-state index contributed by atoms with van der Waals surface area (Å²) < 4.78 is 0. The average Bonchev–Trinajstić information content (AvgIpc) is 3.39. The van der Waals surface area contributed by atoms with Crippen LogP contribution in [0.2, 0.25) is 0 Å². The maximum Gasteiger partial charge on any atom is 0.251 e. The average molecular weight is 587 g/mol. The fourth-order valence-electron chi connectivity index (χ4n) is 3.90. The third-order valence-electron chi connectivity index (χ3n) is 6.27. The van der Waals surface area contributed by atoms with Crippen molar-refractivity contribution in [1.29, 1.82) is 0 Å². The number of rotatable bonds is 11. The Bertz CT molecular complexity index is 1350. The molecule has 2 N–H and O–H groups in total. The van der Waals surface area contributed by atoms with Gasteiger partial charge < -0.3 is 15.5 Å². The second-order valence-electron chi connectivity index (χ2n) is 10.4. The van der Waals surface area contributed by atoms with Crippen molar-refractivity contribution in [3.05, 3.63) is 122 Å². The lowest BCUT2D eigenvalue weighted by molar-refractivity contribution is 0.0953. The molecule has 4 aromatic rings. The number of thiazole rings is 1. The van der Waals surface area contributed by atoms with Gasteiger partial charge in [0.05, 0.1) is 0 Å². The van der Waals surface area contributed by atoms with E-state index in [1.807, 2.05) is 32.0 Å². The van der Waals surface area contributed by atoms with E-state index in [2.05, 4.69) is 90.2 Å². The normalized spacial score (nSPS) is 10.3. The summed E-state index contributed by atoms with van der Waals surface area (Å²) in [5.41, 5.74) is 7.04. The Morgan fingerprint density at radius 3 is 2.26 bits per heavy atom. The molecule has 7 heteroatoms. The van der Waals surface area contributed by atoms with Gasteiger partial charge in [-0.25, -0.2) is 4.98 Å². The van der Waals surface area contributed by atoms with Gasteiger partial charge in [0.2, 0.25) is 0 Å². The maximum absolute atomic E-state index is 12.1. The number of carbonyl (C=O) groups excluding carboxylic acids is 2. The predicted molar refractivity (Wildman–Crippen MR) is 176 cm³/mol. The van der Waals surface area contributed by atoms with Gasteiger partial charge in [0.1, 0.15) is 11.3 Å². The van der Waals surface area contributed by atoms with Crippen LogP contribution in [0.5, 0.6) is 0 Å². The molecular weight excluding hydrogens is 540 g/mol. The maximum atomic E-state index is 12.1. The Hall–Kier alpha value is -3.65. The molecule has 0 saturated heterocycles. The lowest BCUT2D eigenvalue weighted by Gasteiger charge is -2.08. The number of benzene rings is 3. The van der Waals surface area contributed by atoms with Crippen molar-refractivity contribution in [2.75, 3.05) is 27.2 Å². The second kappa shape index (κ2) is 19.5. The molecule has 3 aromatic carbocycles. The predicted octanol–water partition coefficient (Wildman–Crippen LogP) is 6.79. The highest BCUT2D eigenvalue weighted by atomic mass is 32.1. The number of amides is 1. The summed E-state index contributed by atoms with van der Waals surface area (Å²) >= 11 is 1.73. The summed E-state index contributed by atoms with van der Waals surface area (Å²) in [6.45, 7) is 11.3. The van der Waals surface area contributed by atoms with Crippen LogP contribution in [0, 0.1) is 20.8 Å². The molecule has 0 atom stereocenters. The highest BCUT2D eigenvalue weighted by molar-refractivity contribution is 7.09. The molecule has 1 aromatic heterocycles. The van der Waals surface area contributed by atoms with Crippen molar-refractivity contribution in [3.8, 4) is 0 Å². The molecule has 42 heavy (non-hydrogen) atoms.